The Labute approximate surface area is 116 Å². The molecular formula is C14H17FN4O. The monoisotopic (exact) mass is 276 g/mol. The largest absolute Gasteiger partial charge is 0.346 e. The Morgan fingerprint density at radius 1 is 1.40 bits per heavy atom. The predicted octanol–water partition coefficient (Wildman–Crippen LogP) is 1.13. The zero-order valence-electron chi connectivity index (χ0n) is 11.4. The van der Waals surface area contributed by atoms with E-state index in [4.69, 9.17) is 0 Å². The number of ketones is 1. The molecule has 3 heterocycles. The van der Waals surface area contributed by atoms with Gasteiger partial charge in [-0.3, -0.25) is 9.69 Å². The van der Waals surface area contributed by atoms with Gasteiger partial charge in [0.1, 0.15) is 5.65 Å². The number of nitrogens with zero attached hydrogens (tertiary/aromatic N) is 3. The van der Waals surface area contributed by atoms with Crippen molar-refractivity contribution in [3.8, 4) is 0 Å². The summed E-state index contributed by atoms with van der Waals surface area (Å²) in [5, 5.41) is 0.559. The van der Waals surface area contributed by atoms with Crippen LogP contribution in [0.5, 0.6) is 0 Å². The topological polar surface area (TPSA) is 52.2 Å². The van der Waals surface area contributed by atoms with E-state index in [0.717, 1.165) is 32.4 Å². The number of Topliss-reactive ketones (excluding diaryl/α,β-unsaturated/α-hetero) is 1. The molecular weight excluding hydrogens is 259 g/mol. The minimum atomic E-state index is -0.545. The molecule has 1 saturated heterocycles. The first-order valence-electron chi connectivity index (χ1n) is 6.71. The van der Waals surface area contributed by atoms with Gasteiger partial charge in [0.25, 0.3) is 0 Å². The molecule has 0 bridgehead atoms. The van der Waals surface area contributed by atoms with Gasteiger partial charge in [-0.1, -0.05) is 0 Å². The average Bonchev–Trinajstić information content (AvgIpc) is 2.89. The van der Waals surface area contributed by atoms with Gasteiger partial charge < -0.3 is 9.88 Å². The van der Waals surface area contributed by atoms with Crippen LogP contribution in [0.15, 0.2) is 18.5 Å². The molecule has 0 aromatic carbocycles. The van der Waals surface area contributed by atoms with Gasteiger partial charge in [0, 0.05) is 37.8 Å². The number of carbonyl (C=O) groups is 1. The number of piperazine rings is 1. The Morgan fingerprint density at radius 2 is 2.15 bits per heavy atom. The quantitative estimate of drug-likeness (QED) is 0.854. The van der Waals surface area contributed by atoms with E-state index in [-0.39, 0.29) is 17.9 Å². The van der Waals surface area contributed by atoms with Crippen molar-refractivity contribution >= 4 is 16.8 Å². The Bertz CT molecular complexity index is 631. The van der Waals surface area contributed by atoms with Gasteiger partial charge in [0.05, 0.1) is 18.3 Å². The molecule has 0 saturated carbocycles. The van der Waals surface area contributed by atoms with Crippen molar-refractivity contribution in [1.29, 1.82) is 0 Å². The summed E-state index contributed by atoms with van der Waals surface area (Å²) < 4.78 is 13.9. The van der Waals surface area contributed by atoms with Crippen molar-refractivity contribution in [3.63, 3.8) is 0 Å². The fraction of sp³-hybridized carbons (Fsp3) is 0.429. The standard InChI is InChI=1S/C14H17FN4O/c1-18-4-6-19(7-5-18)9-12(20)13-10-2-3-16-14(10)17-8-11(13)15/h2-3,8H,4-7,9H2,1H3,(H,16,17). The third-order valence-corrected chi connectivity index (χ3v) is 3.78. The summed E-state index contributed by atoms with van der Waals surface area (Å²) in [6, 6.07) is 1.70. The minimum Gasteiger partial charge on any atom is -0.346 e. The van der Waals surface area contributed by atoms with Crippen molar-refractivity contribution in [2.75, 3.05) is 39.8 Å². The van der Waals surface area contributed by atoms with Crippen molar-refractivity contribution < 1.29 is 9.18 Å². The molecule has 1 aliphatic heterocycles. The number of nitrogens with one attached hydrogen (secondary N) is 1. The molecule has 5 nitrogen and oxygen atoms in total. The number of halogens is 1. The first kappa shape index (κ1) is 13.2. The normalized spacial score (nSPS) is 17.7. The van der Waals surface area contributed by atoms with Crippen LogP contribution in [0.3, 0.4) is 0 Å². The second-order valence-corrected chi connectivity index (χ2v) is 5.22. The molecule has 2 aromatic rings. The molecule has 0 amide bonds. The van der Waals surface area contributed by atoms with Gasteiger partial charge in [-0.2, -0.15) is 0 Å². The van der Waals surface area contributed by atoms with Crippen LogP contribution in [-0.4, -0.2) is 65.3 Å². The number of H-pyrrole nitrogens is 1. The number of hydrogen-bond donors (Lipinski definition) is 1. The fourth-order valence-corrected chi connectivity index (χ4v) is 2.56. The maximum absolute atomic E-state index is 13.9. The molecule has 0 aliphatic carbocycles. The highest BCUT2D eigenvalue weighted by atomic mass is 19.1. The van der Waals surface area contributed by atoms with E-state index in [2.05, 4.69) is 26.8 Å². The lowest BCUT2D eigenvalue weighted by Crippen LogP contribution is -2.46. The van der Waals surface area contributed by atoms with E-state index < -0.39 is 5.82 Å². The lowest BCUT2D eigenvalue weighted by Gasteiger charge is -2.31. The number of hydrogen-bond acceptors (Lipinski definition) is 4. The molecule has 0 atom stereocenters. The van der Waals surface area contributed by atoms with E-state index >= 15 is 0 Å². The van der Waals surface area contributed by atoms with Crippen LogP contribution in [0, 0.1) is 5.82 Å². The van der Waals surface area contributed by atoms with Gasteiger partial charge in [0.2, 0.25) is 0 Å². The van der Waals surface area contributed by atoms with E-state index in [1.54, 1.807) is 12.3 Å². The first-order valence-corrected chi connectivity index (χ1v) is 6.71. The maximum atomic E-state index is 13.9. The predicted molar refractivity (Wildman–Crippen MR) is 74.3 cm³/mol. The van der Waals surface area contributed by atoms with Crippen molar-refractivity contribution in [2.45, 2.75) is 0 Å². The van der Waals surface area contributed by atoms with Crippen molar-refractivity contribution in [3.05, 3.63) is 29.8 Å². The van der Waals surface area contributed by atoms with E-state index in [1.165, 1.54) is 0 Å². The minimum absolute atomic E-state index is 0.148. The number of pyridine rings is 1. The van der Waals surface area contributed by atoms with Crippen molar-refractivity contribution in [2.24, 2.45) is 0 Å². The molecule has 1 N–H and O–H groups in total. The Morgan fingerprint density at radius 3 is 2.90 bits per heavy atom. The molecule has 106 valence electrons. The summed E-state index contributed by atoms with van der Waals surface area (Å²) in [5.74, 6) is -0.727. The summed E-state index contributed by atoms with van der Waals surface area (Å²) in [6.07, 6.45) is 2.78. The molecule has 1 aliphatic rings. The molecule has 0 spiro atoms. The molecule has 20 heavy (non-hydrogen) atoms. The molecule has 0 unspecified atom stereocenters. The first-order chi connectivity index (χ1) is 9.65. The zero-order valence-corrected chi connectivity index (χ0v) is 11.4. The van der Waals surface area contributed by atoms with Gasteiger partial charge >= 0.3 is 0 Å². The summed E-state index contributed by atoms with van der Waals surface area (Å²) in [4.78, 5) is 23.5. The van der Waals surface area contributed by atoms with E-state index in [9.17, 15) is 9.18 Å². The smallest absolute Gasteiger partial charge is 0.180 e. The average molecular weight is 276 g/mol. The second kappa shape index (κ2) is 5.30. The number of aromatic amines is 1. The highest BCUT2D eigenvalue weighted by Gasteiger charge is 2.21. The zero-order chi connectivity index (χ0) is 14.1. The SMILES string of the molecule is CN1CCN(CC(=O)c2c(F)cnc3[nH]ccc23)CC1. The number of aromatic nitrogens is 2. The third-order valence-electron chi connectivity index (χ3n) is 3.78. The Balaban J connectivity index is 1.82. The van der Waals surface area contributed by atoms with E-state index in [0.29, 0.717) is 11.0 Å². The molecule has 6 heteroatoms. The number of rotatable bonds is 3. The van der Waals surface area contributed by atoms with Crippen LogP contribution in [0.1, 0.15) is 10.4 Å². The van der Waals surface area contributed by atoms with Crippen LogP contribution in [0.2, 0.25) is 0 Å². The molecule has 1 fully saturated rings. The Hall–Kier alpha value is -1.79. The lowest BCUT2D eigenvalue weighted by molar-refractivity contribution is 0.0874. The van der Waals surface area contributed by atoms with Gasteiger partial charge in [0.15, 0.2) is 11.6 Å². The van der Waals surface area contributed by atoms with Crippen LogP contribution in [-0.2, 0) is 0 Å². The summed E-state index contributed by atoms with van der Waals surface area (Å²) >= 11 is 0. The summed E-state index contributed by atoms with van der Waals surface area (Å²) in [7, 11) is 2.06. The van der Waals surface area contributed by atoms with Crippen LogP contribution in [0.4, 0.5) is 4.39 Å². The number of fused-ring (bicyclic) bond motifs is 1. The summed E-state index contributed by atoms with van der Waals surface area (Å²) in [5.41, 5.74) is 0.698. The van der Waals surface area contributed by atoms with E-state index in [1.807, 2.05) is 0 Å². The summed E-state index contributed by atoms with van der Waals surface area (Å²) in [6.45, 7) is 3.81. The molecule has 3 rings (SSSR count). The van der Waals surface area contributed by atoms with Crippen LogP contribution >= 0.6 is 0 Å². The second-order valence-electron chi connectivity index (χ2n) is 5.22. The highest BCUT2D eigenvalue weighted by molar-refractivity contribution is 6.07. The van der Waals surface area contributed by atoms with Crippen molar-refractivity contribution in [1.82, 2.24) is 19.8 Å². The fourth-order valence-electron chi connectivity index (χ4n) is 2.56. The van der Waals surface area contributed by atoms with Crippen LogP contribution < -0.4 is 0 Å². The third kappa shape index (κ3) is 2.44. The van der Waals surface area contributed by atoms with Gasteiger partial charge in [-0.15, -0.1) is 0 Å². The van der Waals surface area contributed by atoms with Gasteiger partial charge in [-0.25, -0.2) is 9.37 Å². The Kier molecular flexibility index (Phi) is 3.50. The number of carbonyl (C=O) groups excluding carboxylic acids is 1. The number of likely N-dealkylation sites (N-methyl/N-ethyl adjacent to an activating group) is 1. The lowest BCUT2D eigenvalue weighted by atomic mass is 10.1. The molecule has 0 radical (unpaired) electrons. The highest BCUT2D eigenvalue weighted by Crippen LogP contribution is 2.19. The maximum Gasteiger partial charge on any atom is 0.180 e. The van der Waals surface area contributed by atoms with Crippen LogP contribution in [0.25, 0.3) is 11.0 Å². The van der Waals surface area contributed by atoms with Gasteiger partial charge in [-0.05, 0) is 13.1 Å². The molecule has 2 aromatic heterocycles.